The standard InChI is InChI=1S/C15H24N4O2/c1-4-21-15(20)13-9-11(16)10-17-14(13)19(3)12-5-7-18(2)8-6-12/h9-10,12H,4-8,16H2,1-3H3. The highest BCUT2D eigenvalue weighted by atomic mass is 16.5. The molecular weight excluding hydrogens is 268 g/mol. The van der Waals surface area contributed by atoms with Gasteiger partial charge in [0.2, 0.25) is 0 Å². The van der Waals surface area contributed by atoms with Crippen LogP contribution in [0.1, 0.15) is 30.1 Å². The van der Waals surface area contributed by atoms with Gasteiger partial charge in [0.05, 0.1) is 18.5 Å². The van der Waals surface area contributed by atoms with E-state index in [9.17, 15) is 4.79 Å². The summed E-state index contributed by atoms with van der Waals surface area (Å²) in [5.41, 5.74) is 6.68. The van der Waals surface area contributed by atoms with Crippen molar-refractivity contribution in [3.63, 3.8) is 0 Å². The number of aromatic nitrogens is 1. The van der Waals surface area contributed by atoms with Gasteiger partial charge in [0, 0.05) is 13.1 Å². The molecule has 0 amide bonds. The molecule has 2 N–H and O–H groups in total. The van der Waals surface area contributed by atoms with Crippen molar-refractivity contribution in [3.05, 3.63) is 17.8 Å². The van der Waals surface area contributed by atoms with E-state index >= 15 is 0 Å². The molecule has 1 aliphatic heterocycles. The molecule has 0 unspecified atom stereocenters. The molecule has 2 heterocycles. The maximum atomic E-state index is 12.1. The highest BCUT2D eigenvalue weighted by Gasteiger charge is 2.25. The Hall–Kier alpha value is -1.82. The summed E-state index contributed by atoms with van der Waals surface area (Å²) >= 11 is 0. The Morgan fingerprint density at radius 3 is 2.81 bits per heavy atom. The summed E-state index contributed by atoms with van der Waals surface area (Å²) in [6, 6.07) is 2.02. The molecule has 1 aromatic rings. The first-order chi connectivity index (χ1) is 10.0. The largest absolute Gasteiger partial charge is 0.462 e. The average molecular weight is 292 g/mol. The third-order valence-corrected chi connectivity index (χ3v) is 3.95. The number of rotatable bonds is 4. The van der Waals surface area contributed by atoms with Gasteiger partial charge in [-0.3, -0.25) is 0 Å². The van der Waals surface area contributed by atoms with Crippen LogP contribution in [-0.4, -0.2) is 55.7 Å². The lowest BCUT2D eigenvalue weighted by molar-refractivity contribution is 0.0526. The van der Waals surface area contributed by atoms with Crippen LogP contribution in [0.2, 0.25) is 0 Å². The van der Waals surface area contributed by atoms with Gasteiger partial charge >= 0.3 is 5.97 Å². The molecule has 1 aromatic heterocycles. The summed E-state index contributed by atoms with van der Waals surface area (Å²) in [4.78, 5) is 20.9. The third-order valence-electron chi connectivity index (χ3n) is 3.95. The Bertz CT molecular complexity index is 498. The number of nitrogen functional groups attached to an aromatic ring is 1. The highest BCUT2D eigenvalue weighted by Crippen LogP contribution is 2.25. The van der Waals surface area contributed by atoms with Gasteiger partial charge < -0.3 is 20.3 Å². The molecule has 1 fully saturated rings. The number of hydrogen-bond donors (Lipinski definition) is 1. The molecule has 116 valence electrons. The molecule has 6 heteroatoms. The van der Waals surface area contributed by atoms with Gasteiger partial charge in [-0.15, -0.1) is 0 Å². The SMILES string of the molecule is CCOC(=O)c1cc(N)cnc1N(C)C1CCN(C)CC1. The average Bonchev–Trinajstić information content (AvgIpc) is 2.47. The predicted molar refractivity (Wildman–Crippen MR) is 83.5 cm³/mol. The van der Waals surface area contributed by atoms with E-state index in [0.29, 0.717) is 29.7 Å². The van der Waals surface area contributed by atoms with Crippen molar-refractivity contribution in [1.29, 1.82) is 0 Å². The zero-order chi connectivity index (χ0) is 15.4. The first-order valence-electron chi connectivity index (χ1n) is 7.37. The molecule has 0 radical (unpaired) electrons. The van der Waals surface area contributed by atoms with E-state index in [4.69, 9.17) is 10.5 Å². The molecule has 0 aliphatic carbocycles. The zero-order valence-electron chi connectivity index (χ0n) is 13.0. The number of piperidine rings is 1. The normalized spacial score (nSPS) is 16.7. The van der Waals surface area contributed by atoms with Crippen LogP contribution in [0.4, 0.5) is 11.5 Å². The minimum atomic E-state index is -0.368. The van der Waals surface area contributed by atoms with Crippen molar-refractivity contribution in [2.75, 3.05) is 44.4 Å². The summed E-state index contributed by atoms with van der Waals surface area (Å²) in [6.07, 6.45) is 3.70. The van der Waals surface area contributed by atoms with E-state index in [1.807, 2.05) is 7.05 Å². The van der Waals surface area contributed by atoms with E-state index in [-0.39, 0.29) is 5.97 Å². The van der Waals surface area contributed by atoms with Crippen LogP contribution in [0.5, 0.6) is 0 Å². The number of carbonyl (C=O) groups is 1. The molecule has 1 aliphatic rings. The number of nitrogens with zero attached hydrogens (tertiary/aromatic N) is 3. The minimum Gasteiger partial charge on any atom is -0.462 e. The second-order valence-corrected chi connectivity index (χ2v) is 5.51. The summed E-state index contributed by atoms with van der Waals surface area (Å²) < 4.78 is 5.11. The predicted octanol–water partition coefficient (Wildman–Crippen LogP) is 1.37. The fraction of sp³-hybridized carbons (Fsp3) is 0.600. The van der Waals surface area contributed by atoms with Crippen LogP contribution in [0, 0.1) is 0 Å². The number of likely N-dealkylation sites (tertiary alicyclic amines) is 1. The van der Waals surface area contributed by atoms with Crippen LogP contribution in [-0.2, 0) is 4.74 Å². The number of esters is 1. The fourth-order valence-electron chi connectivity index (χ4n) is 2.67. The number of nitrogens with two attached hydrogens (primary N) is 1. The number of carbonyl (C=O) groups excluding carboxylic acids is 1. The Balaban J connectivity index is 2.23. The summed E-state index contributed by atoms with van der Waals surface area (Å²) in [5.74, 6) is 0.282. The van der Waals surface area contributed by atoms with E-state index in [1.165, 1.54) is 0 Å². The van der Waals surface area contributed by atoms with E-state index in [1.54, 1.807) is 19.2 Å². The maximum Gasteiger partial charge on any atom is 0.341 e. The number of anilines is 2. The van der Waals surface area contributed by atoms with E-state index in [0.717, 1.165) is 25.9 Å². The van der Waals surface area contributed by atoms with Gasteiger partial charge in [-0.1, -0.05) is 0 Å². The maximum absolute atomic E-state index is 12.1. The molecule has 0 bridgehead atoms. The molecule has 6 nitrogen and oxygen atoms in total. The number of hydrogen-bond acceptors (Lipinski definition) is 6. The lowest BCUT2D eigenvalue weighted by Gasteiger charge is -2.36. The van der Waals surface area contributed by atoms with Gasteiger partial charge in [-0.05, 0) is 46.0 Å². The number of pyridine rings is 1. The summed E-state index contributed by atoms with van der Waals surface area (Å²) in [5, 5.41) is 0. The van der Waals surface area contributed by atoms with E-state index in [2.05, 4.69) is 21.8 Å². The van der Waals surface area contributed by atoms with Gasteiger partial charge in [0.1, 0.15) is 11.4 Å². The first kappa shape index (κ1) is 15.6. The third kappa shape index (κ3) is 3.64. The molecule has 0 saturated carbocycles. The van der Waals surface area contributed by atoms with Crippen molar-refractivity contribution in [3.8, 4) is 0 Å². The lowest BCUT2D eigenvalue weighted by Crippen LogP contribution is -2.42. The smallest absolute Gasteiger partial charge is 0.341 e. The van der Waals surface area contributed by atoms with Crippen LogP contribution < -0.4 is 10.6 Å². The van der Waals surface area contributed by atoms with Crippen LogP contribution in [0.15, 0.2) is 12.3 Å². The Morgan fingerprint density at radius 1 is 1.52 bits per heavy atom. The van der Waals surface area contributed by atoms with Crippen LogP contribution in [0.25, 0.3) is 0 Å². The molecule has 0 atom stereocenters. The van der Waals surface area contributed by atoms with Gasteiger partial charge in [0.25, 0.3) is 0 Å². The Morgan fingerprint density at radius 2 is 2.19 bits per heavy atom. The van der Waals surface area contributed by atoms with Crippen molar-refractivity contribution < 1.29 is 9.53 Å². The quantitative estimate of drug-likeness (QED) is 0.845. The molecule has 2 rings (SSSR count). The second kappa shape index (κ2) is 6.76. The number of ether oxygens (including phenoxy) is 1. The van der Waals surface area contributed by atoms with Crippen molar-refractivity contribution in [1.82, 2.24) is 9.88 Å². The molecular formula is C15H24N4O2. The molecule has 1 saturated heterocycles. The van der Waals surface area contributed by atoms with Gasteiger partial charge in [-0.2, -0.15) is 0 Å². The Kier molecular flexibility index (Phi) is 5.01. The monoisotopic (exact) mass is 292 g/mol. The van der Waals surface area contributed by atoms with Gasteiger partial charge in [-0.25, -0.2) is 9.78 Å². The zero-order valence-corrected chi connectivity index (χ0v) is 13.0. The van der Waals surface area contributed by atoms with Crippen LogP contribution >= 0.6 is 0 Å². The fourth-order valence-corrected chi connectivity index (χ4v) is 2.67. The minimum absolute atomic E-state index is 0.338. The Labute approximate surface area is 125 Å². The first-order valence-corrected chi connectivity index (χ1v) is 7.37. The molecule has 0 spiro atoms. The van der Waals surface area contributed by atoms with Crippen molar-refractivity contribution in [2.24, 2.45) is 0 Å². The lowest BCUT2D eigenvalue weighted by atomic mass is 10.0. The van der Waals surface area contributed by atoms with Gasteiger partial charge in [0.15, 0.2) is 0 Å². The van der Waals surface area contributed by atoms with Crippen LogP contribution in [0.3, 0.4) is 0 Å². The second-order valence-electron chi connectivity index (χ2n) is 5.51. The van der Waals surface area contributed by atoms with E-state index < -0.39 is 0 Å². The van der Waals surface area contributed by atoms with Crippen molar-refractivity contribution in [2.45, 2.75) is 25.8 Å². The molecule has 0 aromatic carbocycles. The highest BCUT2D eigenvalue weighted by molar-refractivity contribution is 5.95. The molecule has 21 heavy (non-hydrogen) atoms. The topological polar surface area (TPSA) is 71.7 Å². The summed E-state index contributed by atoms with van der Waals surface area (Å²) in [7, 11) is 4.11. The van der Waals surface area contributed by atoms with Crippen molar-refractivity contribution >= 4 is 17.5 Å². The summed E-state index contributed by atoms with van der Waals surface area (Å²) in [6.45, 7) is 4.24.